The summed E-state index contributed by atoms with van der Waals surface area (Å²) in [5.74, 6) is -1.03. The van der Waals surface area contributed by atoms with Gasteiger partial charge in [-0.2, -0.15) is 0 Å². The van der Waals surface area contributed by atoms with Crippen LogP contribution in [0.4, 0.5) is 11.4 Å². The van der Waals surface area contributed by atoms with Crippen LogP contribution in [-0.4, -0.2) is 29.2 Å². The van der Waals surface area contributed by atoms with Gasteiger partial charge in [-0.1, -0.05) is 12.1 Å². The molecule has 1 aromatic carbocycles. The minimum atomic E-state index is -1.20. The summed E-state index contributed by atoms with van der Waals surface area (Å²) < 4.78 is 5.18. The zero-order valence-corrected chi connectivity index (χ0v) is 10.2. The number of nitro benzene ring substituents is 1. The summed E-state index contributed by atoms with van der Waals surface area (Å²) >= 11 is 0. The Balaban J connectivity index is 2.57. The molecule has 0 aromatic heterocycles. The van der Waals surface area contributed by atoms with Crippen LogP contribution in [0.2, 0.25) is 0 Å². The maximum atomic E-state index is 11.6. The highest BCUT2D eigenvalue weighted by Crippen LogP contribution is 2.41. The molecule has 1 aromatic rings. The van der Waals surface area contributed by atoms with Crippen molar-refractivity contribution in [1.29, 1.82) is 0 Å². The molecule has 0 bridgehead atoms. The molecule has 1 saturated heterocycles. The molecule has 0 amide bonds. The van der Waals surface area contributed by atoms with Crippen LogP contribution >= 0.6 is 0 Å². The Morgan fingerprint density at radius 2 is 2.05 bits per heavy atom. The number of ether oxygens (including phenoxy) is 1. The molecular weight excluding hydrogens is 252 g/mol. The summed E-state index contributed by atoms with van der Waals surface area (Å²) in [6, 6.07) is 4.28. The van der Waals surface area contributed by atoms with Crippen molar-refractivity contribution in [2.75, 3.05) is 18.9 Å². The van der Waals surface area contributed by atoms with Crippen LogP contribution in [0, 0.1) is 10.1 Å². The normalized spacial score (nSPS) is 17.9. The Kier molecular flexibility index (Phi) is 3.39. The van der Waals surface area contributed by atoms with E-state index in [2.05, 4.69) is 0 Å². The Bertz CT molecular complexity index is 523. The third-order valence-corrected chi connectivity index (χ3v) is 3.55. The number of carboxylic acid groups (broad SMARTS) is 1. The van der Waals surface area contributed by atoms with Gasteiger partial charge < -0.3 is 15.6 Å². The van der Waals surface area contributed by atoms with Gasteiger partial charge in [-0.25, -0.2) is 0 Å². The van der Waals surface area contributed by atoms with Crippen LogP contribution in [0.15, 0.2) is 18.2 Å². The number of hydrogen-bond acceptors (Lipinski definition) is 5. The summed E-state index contributed by atoms with van der Waals surface area (Å²) in [5.41, 5.74) is 4.56. The standard InChI is InChI=1S/C12H14N2O5/c13-10-8(2-1-3-9(10)14(17)18)12(11(15)16)4-6-19-7-5-12/h1-3H,4-7,13H2,(H,15,16). The molecule has 2 rings (SSSR count). The lowest BCUT2D eigenvalue weighted by molar-refractivity contribution is -0.384. The van der Waals surface area contributed by atoms with E-state index in [1.165, 1.54) is 12.1 Å². The molecule has 3 N–H and O–H groups in total. The first-order chi connectivity index (χ1) is 8.99. The van der Waals surface area contributed by atoms with Crippen LogP contribution in [0.5, 0.6) is 0 Å². The predicted molar refractivity (Wildman–Crippen MR) is 66.9 cm³/mol. The topological polar surface area (TPSA) is 116 Å². The molecule has 19 heavy (non-hydrogen) atoms. The van der Waals surface area contributed by atoms with Gasteiger partial charge in [-0.15, -0.1) is 0 Å². The zero-order chi connectivity index (χ0) is 14.0. The Labute approximate surface area is 109 Å². The third-order valence-electron chi connectivity index (χ3n) is 3.55. The second kappa shape index (κ2) is 4.85. The molecule has 1 heterocycles. The molecule has 0 aliphatic carbocycles. The number of nitrogens with zero attached hydrogens (tertiary/aromatic N) is 1. The summed E-state index contributed by atoms with van der Waals surface area (Å²) in [7, 11) is 0. The largest absolute Gasteiger partial charge is 0.481 e. The smallest absolute Gasteiger partial charge is 0.314 e. The van der Waals surface area contributed by atoms with E-state index in [4.69, 9.17) is 10.5 Å². The minimum absolute atomic E-state index is 0.0724. The number of nitrogens with two attached hydrogens (primary N) is 1. The first-order valence-electron chi connectivity index (χ1n) is 5.83. The van der Waals surface area contributed by atoms with Crippen molar-refractivity contribution in [3.05, 3.63) is 33.9 Å². The van der Waals surface area contributed by atoms with Gasteiger partial charge in [0.15, 0.2) is 0 Å². The number of nitrogen functional groups attached to an aromatic ring is 1. The average Bonchev–Trinajstić information content (AvgIpc) is 2.39. The molecule has 7 nitrogen and oxygen atoms in total. The van der Waals surface area contributed by atoms with E-state index < -0.39 is 16.3 Å². The fourth-order valence-corrected chi connectivity index (χ4v) is 2.45. The van der Waals surface area contributed by atoms with Crippen LogP contribution in [0.25, 0.3) is 0 Å². The summed E-state index contributed by atoms with van der Waals surface area (Å²) in [6.07, 6.45) is 0.515. The van der Waals surface area contributed by atoms with Crippen molar-refractivity contribution in [3.63, 3.8) is 0 Å². The van der Waals surface area contributed by atoms with Gasteiger partial charge in [0.05, 0.1) is 10.3 Å². The van der Waals surface area contributed by atoms with Crippen molar-refractivity contribution in [1.82, 2.24) is 0 Å². The van der Waals surface area contributed by atoms with Crippen molar-refractivity contribution in [2.24, 2.45) is 0 Å². The molecule has 0 unspecified atom stereocenters. The van der Waals surface area contributed by atoms with E-state index in [1.807, 2.05) is 0 Å². The van der Waals surface area contributed by atoms with Gasteiger partial charge in [-0.05, 0) is 18.4 Å². The number of para-hydroxylation sites is 1. The number of rotatable bonds is 3. The van der Waals surface area contributed by atoms with Crippen molar-refractivity contribution < 1.29 is 19.6 Å². The maximum absolute atomic E-state index is 11.6. The molecule has 0 saturated carbocycles. The molecule has 0 radical (unpaired) electrons. The van der Waals surface area contributed by atoms with Crippen LogP contribution in [-0.2, 0) is 14.9 Å². The van der Waals surface area contributed by atoms with Gasteiger partial charge in [0, 0.05) is 19.3 Å². The molecular formula is C12H14N2O5. The highest BCUT2D eigenvalue weighted by atomic mass is 16.6. The molecule has 1 aliphatic heterocycles. The molecule has 1 aliphatic rings. The van der Waals surface area contributed by atoms with E-state index in [-0.39, 0.29) is 24.2 Å². The number of benzene rings is 1. The highest BCUT2D eigenvalue weighted by molar-refractivity contribution is 5.85. The van der Waals surface area contributed by atoms with Crippen LogP contribution < -0.4 is 5.73 Å². The molecule has 1 fully saturated rings. The van der Waals surface area contributed by atoms with Crippen molar-refractivity contribution in [3.8, 4) is 0 Å². The number of carboxylic acids is 1. The Morgan fingerprint density at radius 1 is 1.42 bits per heavy atom. The van der Waals surface area contributed by atoms with E-state index in [0.29, 0.717) is 18.8 Å². The summed E-state index contributed by atoms with van der Waals surface area (Å²) in [4.78, 5) is 21.9. The maximum Gasteiger partial charge on any atom is 0.314 e. The quantitative estimate of drug-likeness (QED) is 0.484. The fourth-order valence-electron chi connectivity index (χ4n) is 2.45. The molecule has 0 atom stereocenters. The van der Waals surface area contributed by atoms with Crippen molar-refractivity contribution in [2.45, 2.75) is 18.3 Å². The van der Waals surface area contributed by atoms with Gasteiger partial charge >= 0.3 is 5.97 Å². The number of anilines is 1. The highest BCUT2D eigenvalue weighted by Gasteiger charge is 2.44. The number of hydrogen-bond donors (Lipinski definition) is 2. The summed E-state index contributed by atoms with van der Waals surface area (Å²) in [5, 5.41) is 20.4. The number of carbonyl (C=O) groups is 1. The van der Waals surface area contributed by atoms with E-state index in [0.717, 1.165) is 0 Å². The number of nitro groups is 1. The summed E-state index contributed by atoms with van der Waals surface area (Å²) in [6.45, 7) is 0.600. The first-order valence-corrected chi connectivity index (χ1v) is 5.83. The number of aliphatic carboxylic acids is 1. The van der Waals surface area contributed by atoms with Gasteiger partial charge in [0.2, 0.25) is 0 Å². The zero-order valence-electron chi connectivity index (χ0n) is 10.2. The Morgan fingerprint density at radius 3 is 2.58 bits per heavy atom. The fraction of sp³-hybridized carbons (Fsp3) is 0.417. The van der Waals surface area contributed by atoms with Crippen LogP contribution in [0.1, 0.15) is 18.4 Å². The Hall–Kier alpha value is -2.15. The predicted octanol–water partition coefficient (Wildman–Crippen LogP) is 1.31. The van der Waals surface area contributed by atoms with Gasteiger partial charge in [-0.3, -0.25) is 14.9 Å². The SMILES string of the molecule is Nc1c([N+](=O)[O-])cccc1C1(C(=O)O)CCOCC1. The first kappa shape index (κ1) is 13.3. The average molecular weight is 266 g/mol. The molecule has 7 heteroatoms. The molecule has 0 spiro atoms. The van der Waals surface area contributed by atoms with Gasteiger partial charge in [0.25, 0.3) is 5.69 Å². The van der Waals surface area contributed by atoms with Crippen LogP contribution in [0.3, 0.4) is 0 Å². The van der Waals surface area contributed by atoms with Gasteiger partial charge in [0.1, 0.15) is 5.69 Å². The third kappa shape index (κ3) is 2.12. The monoisotopic (exact) mass is 266 g/mol. The molecule has 102 valence electrons. The van der Waals surface area contributed by atoms with E-state index in [9.17, 15) is 20.0 Å². The van der Waals surface area contributed by atoms with E-state index >= 15 is 0 Å². The lowest BCUT2D eigenvalue weighted by atomic mass is 9.73. The second-order valence-electron chi connectivity index (χ2n) is 4.50. The second-order valence-corrected chi connectivity index (χ2v) is 4.50. The minimum Gasteiger partial charge on any atom is -0.481 e. The lowest BCUT2D eigenvalue weighted by Crippen LogP contribution is -2.41. The van der Waals surface area contributed by atoms with Crippen molar-refractivity contribution >= 4 is 17.3 Å². The lowest BCUT2D eigenvalue weighted by Gasteiger charge is -2.34. The van der Waals surface area contributed by atoms with E-state index in [1.54, 1.807) is 6.07 Å².